The molecule has 2 aromatic heterocycles. The van der Waals surface area contributed by atoms with Crippen molar-refractivity contribution in [3.63, 3.8) is 0 Å². The number of aromatic carboxylic acids is 1. The predicted molar refractivity (Wildman–Crippen MR) is 90.1 cm³/mol. The van der Waals surface area contributed by atoms with E-state index in [-0.39, 0.29) is 11.3 Å². The first-order chi connectivity index (χ1) is 11.3. The molecule has 4 N–H and O–H groups in total. The third-order valence-electron chi connectivity index (χ3n) is 4.30. The fraction of sp³-hybridized carbons (Fsp3) is 0.167. The molecule has 24 heavy (non-hydrogen) atoms. The number of rotatable bonds is 4. The molecule has 122 valence electrons. The Hall–Kier alpha value is -3.15. The monoisotopic (exact) mass is 323 g/mol. The largest absolute Gasteiger partial charge is 0.478 e. The van der Waals surface area contributed by atoms with E-state index >= 15 is 0 Å². The molecule has 0 saturated carbocycles. The zero-order chi connectivity index (χ0) is 17.5. The summed E-state index contributed by atoms with van der Waals surface area (Å²) < 4.78 is 0. The van der Waals surface area contributed by atoms with Gasteiger partial charge in [0.25, 0.3) is 5.91 Å². The normalized spacial score (nSPS) is 11.6. The van der Waals surface area contributed by atoms with E-state index < -0.39 is 17.3 Å². The number of nitrogens with one attached hydrogen (secondary N) is 1. The molecule has 3 rings (SSSR count). The topological polar surface area (TPSA) is 109 Å². The van der Waals surface area contributed by atoms with Crippen molar-refractivity contribution in [1.29, 1.82) is 0 Å². The maximum atomic E-state index is 11.8. The quantitative estimate of drug-likeness (QED) is 0.685. The number of aromatic amines is 1. The molecule has 1 aromatic carbocycles. The molecule has 0 atom stereocenters. The standard InChI is InChI=1S/C18H17N3O3/c1-18(2,13-9-20-14-6-4-3-5-11(13)14)12-7-10(17(23)24)8-21-15(12)16(19)22/h3-9,20H,1-2H3,(H2,19,22)(H,23,24). The van der Waals surface area contributed by atoms with Crippen LogP contribution in [0.5, 0.6) is 0 Å². The highest BCUT2D eigenvalue weighted by Gasteiger charge is 2.31. The maximum absolute atomic E-state index is 11.8. The number of hydrogen-bond acceptors (Lipinski definition) is 3. The van der Waals surface area contributed by atoms with Gasteiger partial charge in [-0.05, 0) is 23.3 Å². The number of hydrogen-bond donors (Lipinski definition) is 3. The number of nitrogens with zero attached hydrogens (tertiary/aromatic N) is 1. The number of benzene rings is 1. The van der Waals surface area contributed by atoms with E-state index in [2.05, 4.69) is 9.97 Å². The number of aromatic nitrogens is 2. The molecule has 0 aliphatic rings. The van der Waals surface area contributed by atoms with Crippen LogP contribution in [0.15, 0.2) is 42.7 Å². The molecular weight excluding hydrogens is 306 g/mol. The van der Waals surface area contributed by atoms with E-state index in [0.29, 0.717) is 5.56 Å². The molecule has 3 aromatic rings. The molecule has 0 saturated heterocycles. The van der Waals surface area contributed by atoms with Crippen molar-refractivity contribution in [2.75, 3.05) is 0 Å². The lowest BCUT2D eigenvalue weighted by molar-refractivity contribution is 0.0695. The fourth-order valence-corrected chi connectivity index (χ4v) is 2.99. The van der Waals surface area contributed by atoms with Crippen molar-refractivity contribution in [3.8, 4) is 0 Å². The number of H-pyrrole nitrogens is 1. The van der Waals surface area contributed by atoms with Gasteiger partial charge in [0.1, 0.15) is 5.69 Å². The summed E-state index contributed by atoms with van der Waals surface area (Å²) in [6.45, 7) is 3.83. The number of fused-ring (bicyclic) bond motifs is 1. The SMILES string of the molecule is CC(C)(c1cc(C(=O)O)cnc1C(N)=O)c1c[nH]c2ccccc12. The summed E-state index contributed by atoms with van der Waals surface area (Å²) in [5.41, 5.74) is 7.26. The molecule has 0 radical (unpaired) electrons. The fourth-order valence-electron chi connectivity index (χ4n) is 2.99. The molecule has 6 heteroatoms. The summed E-state index contributed by atoms with van der Waals surface area (Å²) in [6, 6.07) is 9.25. The van der Waals surface area contributed by atoms with Crippen LogP contribution in [-0.2, 0) is 5.41 Å². The molecule has 0 fully saturated rings. The van der Waals surface area contributed by atoms with E-state index in [1.165, 1.54) is 6.07 Å². The molecule has 0 unspecified atom stereocenters. The second-order valence-corrected chi connectivity index (χ2v) is 6.16. The third kappa shape index (κ3) is 2.42. The lowest BCUT2D eigenvalue weighted by atomic mass is 9.76. The highest BCUT2D eigenvalue weighted by molar-refractivity contribution is 5.95. The summed E-state index contributed by atoms with van der Waals surface area (Å²) in [7, 11) is 0. The molecule has 2 heterocycles. The highest BCUT2D eigenvalue weighted by Crippen LogP contribution is 2.37. The van der Waals surface area contributed by atoms with Gasteiger partial charge in [-0.25, -0.2) is 9.78 Å². The first-order valence-corrected chi connectivity index (χ1v) is 7.42. The van der Waals surface area contributed by atoms with Gasteiger partial charge in [0.15, 0.2) is 0 Å². The number of carbonyl (C=O) groups excluding carboxylic acids is 1. The molecule has 0 bridgehead atoms. The van der Waals surface area contributed by atoms with Crippen molar-refractivity contribution >= 4 is 22.8 Å². The van der Waals surface area contributed by atoms with E-state index in [1.807, 2.05) is 44.3 Å². The van der Waals surface area contributed by atoms with Crippen LogP contribution in [0.1, 0.15) is 45.8 Å². The Balaban J connectivity index is 2.27. The second kappa shape index (κ2) is 5.49. The van der Waals surface area contributed by atoms with Crippen LogP contribution in [-0.4, -0.2) is 27.0 Å². The summed E-state index contributed by atoms with van der Waals surface area (Å²) in [4.78, 5) is 30.3. The lowest BCUT2D eigenvalue weighted by Crippen LogP contribution is -2.26. The van der Waals surface area contributed by atoms with Crippen LogP contribution in [0.4, 0.5) is 0 Å². The number of carboxylic acid groups (broad SMARTS) is 1. The molecule has 6 nitrogen and oxygen atoms in total. The molecular formula is C18H17N3O3. The summed E-state index contributed by atoms with van der Waals surface area (Å²) >= 11 is 0. The molecule has 0 aliphatic carbocycles. The van der Waals surface area contributed by atoms with Gasteiger partial charge >= 0.3 is 5.97 Å². The Labute approximate surface area is 138 Å². The van der Waals surface area contributed by atoms with Gasteiger partial charge in [-0.2, -0.15) is 0 Å². The van der Waals surface area contributed by atoms with Crippen LogP contribution in [0.25, 0.3) is 10.9 Å². The number of primary amides is 1. The Morgan fingerprint density at radius 3 is 2.58 bits per heavy atom. The van der Waals surface area contributed by atoms with Crippen molar-refractivity contribution in [3.05, 3.63) is 65.1 Å². The zero-order valence-electron chi connectivity index (χ0n) is 13.3. The van der Waals surface area contributed by atoms with Crippen LogP contribution in [0.2, 0.25) is 0 Å². The predicted octanol–water partition coefficient (Wildman–Crippen LogP) is 2.69. The third-order valence-corrected chi connectivity index (χ3v) is 4.30. The van der Waals surface area contributed by atoms with Gasteiger partial charge in [-0.1, -0.05) is 32.0 Å². The van der Waals surface area contributed by atoms with Crippen LogP contribution in [0, 0.1) is 0 Å². The van der Waals surface area contributed by atoms with E-state index in [0.717, 1.165) is 22.7 Å². The first-order valence-electron chi connectivity index (χ1n) is 7.42. The Morgan fingerprint density at radius 1 is 1.21 bits per heavy atom. The van der Waals surface area contributed by atoms with Gasteiger partial charge in [0.2, 0.25) is 0 Å². The van der Waals surface area contributed by atoms with Gasteiger partial charge in [-0.15, -0.1) is 0 Å². The lowest BCUT2D eigenvalue weighted by Gasteiger charge is -2.27. The number of para-hydroxylation sites is 1. The molecule has 0 aliphatic heterocycles. The number of carbonyl (C=O) groups is 2. The maximum Gasteiger partial charge on any atom is 0.337 e. The minimum atomic E-state index is -1.10. The summed E-state index contributed by atoms with van der Waals surface area (Å²) in [5, 5.41) is 10.2. The Bertz CT molecular complexity index is 957. The van der Waals surface area contributed by atoms with Crippen LogP contribution >= 0.6 is 0 Å². The Morgan fingerprint density at radius 2 is 1.92 bits per heavy atom. The minimum Gasteiger partial charge on any atom is -0.478 e. The highest BCUT2D eigenvalue weighted by atomic mass is 16.4. The van der Waals surface area contributed by atoms with Gasteiger partial charge in [0.05, 0.1) is 5.56 Å². The minimum absolute atomic E-state index is 0.0166. The number of nitrogens with two attached hydrogens (primary N) is 1. The molecule has 1 amide bonds. The van der Waals surface area contributed by atoms with E-state index in [9.17, 15) is 14.7 Å². The molecule has 0 spiro atoms. The summed E-state index contributed by atoms with van der Waals surface area (Å²) in [5.74, 6) is -1.79. The average molecular weight is 323 g/mol. The van der Waals surface area contributed by atoms with E-state index in [1.54, 1.807) is 0 Å². The summed E-state index contributed by atoms with van der Waals surface area (Å²) in [6.07, 6.45) is 3.01. The zero-order valence-corrected chi connectivity index (χ0v) is 13.3. The smallest absolute Gasteiger partial charge is 0.337 e. The van der Waals surface area contributed by atoms with Gasteiger partial charge in [-0.3, -0.25) is 4.79 Å². The van der Waals surface area contributed by atoms with Crippen LogP contribution in [0.3, 0.4) is 0 Å². The van der Waals surface area contributed by atoms with Crippen molar-refractivity contribution in [2.24, 2.45) is 5.73 Å². The van der Waals surface area contributed by atoms with Gasteiger partial charge < -0.3 is 15.8 Å². The Kier molecular flexibility index (Phi) is 3.60. The van der Waals surface area contributed by atoms with Crippen molar-refractivity contribution in [2.45, 2.75) is 19.3 Å². The second-order valence-electron chi connectivity index (χ2n) is 6.16. The first kappa shape index (κ1) is 15.7. The van der Waals surface area contributed by atoms with Crippen LogP contribution < -0.4 is 5.73 Å². The number of pyridine rings is 1. The number of amides is 1. The van der Waals surface area contributed by atoms with E-state index in [4.69, 9.17) is 5.73 Å². The van der Waals surface area contributed by atoms with Crippen molar-refractivity contribution < 1.29 is 14.7 Å². The van der Waals surface area contributed by atoms with Gasteiger partial charge in [0, 0.05) is 28.7 Å². The van der Waals surface area contributed by atoms with Crippen molar-refractivity contribution in [1.82, 2.24) is 9.97 Å². The average Bonchev–Trinajstić information content (AvgIpc) is 2.98. The number of carboxylic acids is 1.